The number of hydrogen-bond acceptors (Lipinski definition) is 4. The van der Waals surface area contributed by atoms with Crippen LogP contribution in [0.25, 0.3) is 0 Å². The summed E-state index contributed by atoms with van der Waals surface area (Å²) < 4.78 is 18.7. The number of carboxylic acid groups (broad SMARTS) is 1. The van der Waals surface area contributed by atoms with Gasteiger partial charge in [0.15, 0.2) is 6.10 Å². The molecule has 0 radical (unpaired) electrons. The molecular formula is C16H22FNO5. The Labute approximate surface area is 134 Å². The summed E-state index contributed by atoms with van der Waals surface area (Å²) in [6.45, 7) is 7.96. The van der Waals surface area contributed by atoms with E-state index in [0.717, 1.165) is 12.1 Å². The maximum Gasteiger partial charge on any atom is 0.412 e. The van der Waals surface area contributed by atoms with Gasteiger partial charge in [-0.25, -0.2) is 14.0 Å². The van der Waals surface area contributed by atoms with E-state index in [1.807, 2.05) is 0 Å². The van der Waals surface area contributed by atoms with Gasteiger partial charge in [0.2, 0.25) is 0 Å². The van der Waals surface area contributed by atoms with Gasteiger partial charge < -0.3 is 14.9 Å². The number of aliphatic hydroxyl groups is 1. The molecule has 0 heterocycles. The lowest BCUT2D eigenvalue weighted by molar-refractivity contribution is -0.150. The van der Waals surface area contributed by atoms with Gasteiger partial charge in [0, 0.05) is 11.1 Å². The van der Waals surface area contributed by atoms with Gasteiger partial charge >= 0.3 is 12.1 Å². The molecule has 1 amide bonds. The van der Waals surface area contributed by atoms with E-state index in [1.165, 1.54) is 19.9 Å². The minimum atomic E-state index is -1.77. The summed E-state index contributed by atoms with van der Waals surface area (Å²) >= 11 is 0. The van der Waals surface area contributed by atoms with Crippen molar-refractivity contribution in [2.24, 2.45) is 0 Å². The Kier molecular flexibility index (Phi) is 5.37. The summed E-state index contributed by atoms with van der Waals surface area (Å²) in [5.41, 5.74) is -1.73. The van der Waals surface area contributed by atoms with E-state index in [0.29, 0.717) is 0 Å². The van der Waals surface area contributed by atoms with E-state index in [2.05, 4.69) is 5.32 Å². The first-order valence-electron chi connectivity index (χ1n) is 7.05. The summed E-state index contributed by atoms with van der Waals surface area (Å²) in [6, 6.07) is 3.50. The quantitative estimate of drug-likeness (QED) is 0.790. The topological polar surface area (TPSA) is 95.9 Å². The van der Waals surface area contributed by atoms with Crippen molar-refractivity contribution in [3.05, 3.63) is 29.6 Å². The number of hydrogen-bond donors (Lipinski definition) is 3. The SMILES string of the molecule is CC(C)(C)OC(=O)Nc1ccc(F)cc1C(C)(C)C(O)C(=O)O. The lowest BCUT2D eigenvalue weighted by Crippen LogP contribution is -2.40. The molecule has 0 bridgehead atoms. The number of halogens is 1. The second-order valence-corrected chi connectivity index (χ2v) is 6.78. The first-order valence-corrected chi connectivity index (χ1v) is 7.05. The van der Waals surface area contributed by atoms with Crippen LogP contribution < -0.4 is 5.32 Å². The Morgan fingerprint density at radius 3 is 2.26 bits per heavy atom. The molecule has 0 aromatic heterocycles. The maximum absolute atomic E-state index is 13.6. The molecular weight excluding hydrogens is 305 g/mol. The van der Waals surface area contributed by atoms with Gasteiger partial charge in [-0.15, -0.1) is 0 Å². The van der Waals surface area contributed by atoms with E-state index < -0.39 is 35.0 Å². The number of carbonyl (C=O) groups is 2. The van der Waals surface area contributed by atoms with Crippen LogP contribution in [-0.4, -0.2) is 34.0 Å². The normalized spacial score (nSPS) is 13.3. The van der Waals surface area contributed by atoms with Crippen LogP contribution in [0.5, 0.6) is 0 Å². The molecule has 128 valence electrons. The monoisotopic (exact) mass is 327 g/mol. The van der Waals surface area contributed by atoms with Crippen molar-refractivity contribution in [3.63, 3.8) is 0 Å². The molecule has 0 spiro atoms. The van der Waals surface area contributed by atoms with Crippen LogP contribution in [-0.2, 0) is 14.9 Å². The Morgan fingerprint density at radius 2 is 1.78 bits per heavy atom. The van der Waals surface area contributed by atoms with Crippen molar-refractivity contribution in [2.75, 3.05) is 5.32 Å². The zero-order valence-electron chi connectivity index (χ0n) is 13.8. The molecule has 7 heteroatoms. The third-order valence-electron chi connectivity index (χ3n) is 3.23. The number of carbonyl (C=O) groups excluding carboxylic acids is 1. The lowest BCUT2D eigenvalue weighted by Gasteiger charge is -2.30. The van der Waals surface area contributed by atoms with Crippen molar-refractivity contribution in [1.29, 1.82) is 0 Å². The summed E-state index contributed by atoms with van der Waals surface area (Å²) in [6.07, 6.45) is -2.53. The van der Waals surface area contributed by atoms with E-state index in [1.54, 1.807) is 20.8 Å². The molecule has 0 fully saturated rings. The lowest BCUT2D eigenvalue weighted by atomic mass is 9.78. The molecule has 0 aliphatic heterocycles. The van der Waals surface area contributed by atoms with Crippen LogP contribution in [0.1, 0.15) is 40.2 Å². The largest absolute Gasteiger partial charge is 0.479 e. The van der Waals surface area contributed by atoms with Crippen LogP contribution in [0.4, 0.5) is 14.9 Å². The predicted molar refractivity (Wildman–Crippen MR) is 82.9 cm³/mol. The highest BCUT2D eigenvalue weighted by Crippen LogP contribution is 2.34. The summed E-state index contributed by atoms with van der Waals surface area (Å²) in [7, 11) is 0. The van der Waals surface area contributed by atoms with Crippen LogP contribution in [0.2, 0.25) is 0 Å². The molecule has 6 nitrogen and oxygen atoms in total. The second kappa shape index (κ2) is 6.54. The minimum absolute atomic E-state index is 0.151. The second-order valence-electron chi connectivity index (χ2n) is 6.78. The first kappa shape index (κ1) is 18.9. The van der Waals surface area contributed by atoms with Crippen LogP contribution in [0.15, 0.2) is 18.2 Å². The Balaban J connectivity index is 3.21. The van der Waals surface area contributed by atoms with E-state index >= 15 is 0 Å². The van der Waals surface area contributed by atoms with Gasteiger partial charge in [0.1, 0.15) is 11.4 Å². The standard InChI is InChI=1S/C16H22FNO5/c1-15(2,3)23-14(22)18-11-7-6-9(17)8-10(11)16(4,5)12(19)13(20)21/h6-8,12,19H,1-5H3,(H,18,22)(H,20,21). The number of rotatable bonds is 4. The summed E-state index contributed by atoms with van der Waals surface area (Å²) in [4.78, 5) is 23.0. The zero-order chi connectivity index (χ0) is 18.0. The fraction of sp³-hybridized carbons (Fsp3) is 0.500. The Hall–Kier alpha value is -2.15. The highest BCUT2D eigenvalue weighted by molar-refractivity contribution is 5.87. The summed E-state index contributed by atoms with van der Waals surface area (Å²) in [5.74, 6) is -2.05. The minimum Gasteiger partial charge on any atom is -0.479 e. The smallest absolute Gasteiger partial charge is 0.412 e. The number of aliphatic carboxylic acids is 1. The van der Waals surface area contributed by atoms with Crippen molar-refractivity contribution in [1.82, 2.24) is 0 Å². The maximum atomic E-state index is 13.6. The van der Waals surface area contributed by atoms with Gasteiger partial charge in [-0.05, 0) is 44.5 Å². The van der Waals surface area contributed by atoms with E-state index in [4.69, 9.17) is 9.84 Å². The third-order valence-corrected chi connectivity index (χ3v) is 3.23. The van der Waals surface area contributed by atoms with E-state index in [9.17, 15) is 19.1 Å². The average Bonchev–Trinajstić information content (AvgIpc) is 2.37. The van der Waals surface area contributed by atoms with Crippen molar-refractivity contribution in [2.45, 2.75) is 51.7 Å². The Morgan fingerprint density at radius 1 is 1.22 bits per heavy atom. The number of carboxylic acids is 1. The van der Waals surface area contributed by atoms with Gasteiger partial charge in [-0.3, -0.25) is 5.32 Å². The first-order chi connectivity index (χ1) is 10.3. The number of amides is 1. The fourth-order valence-corrected chi connectivity index (χ4v) is 2.03. The highest BCUT2D eigenvalue weighted by atomic mass is 19.1. The molecule has 1 rings (SSSR count). The fourth-order valence-electron chi connectivity index (χ4n) is 2.03. The number of anilines is 1. The molecule has 0 saturated carbocycles. The third kappa shape index (κ3) is 4.92. The van der Waals surface area contributed by atoms with E-state index in [-0.39, 0.29) is 11.3 Å². The van der Waals surface area contributed by atoms with Gasteiger partial charge in [0.25, 0.3) is 0 Å². The van der Waals surface area contributed by atoms with Gasteiger partial charge in [-0.1, -0.05) is 13.8 Å². The number of benzene rings is 1. The van der Waals surface area contributed by atoms with Crippen molar-refractivity contribution >= 4 is 17.7 Å². The highest BCUT2D eigenvalue weighted by Gasteiger charge is 2.37. The molecule has 3 N–H and O–H groups in total. The average molecular weight is 327 g/mol. The van der Waals surface area contributed by atoms with Gasteiger partial charge in [-0.2, -0.15) is 0 Å². The number of nitrogens with one attached hydrogen (secondary N) is 1. The predicted octanol–water partition coefficient (Wildman–Crippen LogP) is 2.90. The molecule has 1 atom stereocenters. The molecule has 1 aromatic rings. The molecule has 1 aromatic carbocycles. The molecule has 0 saturated heterocycles. The van der Waals surface area contributed by atoms with Crippen molar-refractivity contribution in [3.8, 4) is 0 Å². The zero-order valence-corrected chi connectivity index (χ0v) is 13.8. The molecule has 0 aliphatic rings. The molecule has 23 heavy (non-hydrogen) atoms. The van der Waals surface area contributed by atoms with Gasteiger partial charge in [0.05, 0.1) is 0 Å². The molecule has 0 aliphatic carbocycles. The van der Waals surface area contributed by atoms with Crippen LogP contribution in [0, 0.1) is 5.82 Å². The van der Waals surface area contributed by atoms with Crippen molar-refractivity contribution < 1.29 is 28.9 Å². The Bertz CT molecular complexity index is 607. The number of ether oxygens (including phenoxy) is 1. The number of aliphatic hydroxyl groups excluding tert-OH is 1. The molecule has 1 unspecified atom stereocenters. The van der Waals surface area contributed by atoms with Crippen LogP contribution >= 0.6 is 0 Å². The summed E-state index contributed by atoms with van der Waals surface area (Å²) in [5, 5.41) is 21.4. The van der Waals surface area contributed by atoms with Crippen LogP contribution in [0.3, 0.4) is 0 Å².